The lowest BCUT2D eigenvalue weighted by Gasteiger charge is -2.36. The Bertz CT molecular complexity index is 620. The summed E-state index contributed by atoms with van der Waals surface area (Å²) < 4.78 is 28.0. The van der Waals surface area contributed by atoms with Crippen LogP contribution in [0.5, 0.6) is 0 Å². The second-order valence-corrected chi connectivity index (χ2v) is 7.73. The van der Waals surface area contributed by atoms with Gasteiger partial charge in [0.1, 0.15) is 4.90 Å². The Morgan fingerprint density at radius 1 is 1.19 bits per heavy atom. The number of nitrogen functional groups attached to an aromatic ring is 1. The molecule has 1 fully saturated rings. The minimum Gasteiger partial charge on any atom is -0.398 e. The summed E-state index contributed by atoms with van der Waals surface area (Å²) in [6.45, 7) is 3.57. The van der Waals surface area contributed by atoms with Gasteiger partial charge in [-0.3, -0.25) is 0 Å². The van der Waals surface area contributed by atoms with Crippen molar-refractivity contribution in [3.05, 3.63) is 23.3 Å². The summed E-state index contributed by atoms with van der Waals surface area (Å²) in [6, 6.07) is 3.28. The Kier molecular flexibility index (Phi) is 4.60. The highest BCUT2D eigenvalue weighted by atomic mass is 32.2. The van der Waals surface area contributed by atoms with Gasteiger partial charge < -0.3 is 10.8 Å². The van der Waals surface area contributed by atoms with Gasteiger partial charge in [-0.25, -0.2) is 13.1 Å². The van der Waals surface area contributed by atoms with Crippen LogP contribution in [-0.2, 0) is 10.0 Å². The Hall–Kier alpha value is -1.11. The van der Waals surface area contributed by atoms with Gasteiger partial charge in [0, 0.05) is 0 Å². The van der Waals surface area contributed by atoms with E-state index in [1.807, 2.05) is 13.8 Å². The molecule has 0 aliphatic heterocycles. The van der Waals surface area contributed by atoms with Crippen molar-refractivity contribution >= 4 is 15.7 Å². The number of aliphatic hydroxyl groups is 1. The minimum atomic E-state index is -3.74. The number of rotatable bonds is 4. The van der Waals surface area contributed by atoms with E-state index >= 15 is 0 Å². The van der Waals surface area contributed by atoms with E-state index in [2.05, 4.69) is 4.72 Å². The number of aryl methyl sites for hydroxylation is 2. The van der Waals surface area contributed by atoms with Gasteiger partial charge in [0.15, 0.2) is 0 Å². The van der Waals surface area contributed by atoms with Crippen molar-refractivity contribution in [3.63, 3.8) is 0 Å². The van der Waals surface area contributed by atoms with Crippen LogP contribution in [0, 0.1) is 13.8 Å². The quantitative estimate of drug-likeness (QED) is 0.740. The highest BCUT2D eigenvalue weighted by Gasteiger charge is 2.36. The maximum Gasteiger partial charge on any atom is 0.243 e. The third kappa shape index (κ3) is 3.39. The van der Waals surface area contributed by atoms with Crippen LogP contribution in [0.1, 0.15) is 43.2 Å². The van der Waals surface area contributed by atoms with Crippen molar-refractivity contribution in [3.8, 4) is 0 Å². The van der Waals surface area contributed by atoms with Gasteiger partial charge in [-0.1, -0.05) is 19.3 Å². The van der Waals surface area contributed by atoms with Gasteiger partial charge in [-0.2, -0.15) is 0 Å². The Labute approximate surface area is 126 Å². The molecule has 1 aromatic carbocycles. The van der Waals surface area contributed by atoms with E-state index in [9.17, 15) is 13.5 Å². The number of benzene rings is 1. The molecule has 5 nitrogen and oxygen atoms in total. The SMILES string of the molecule is Cc1cc(N)c(S(=O)(=O)NC2(CO)CCCCC2)cc1C. The molecule has 0 aromatic heterocycles. The average Bonchev–Trinajstić information content (AvgIpc) is 2.43. The Morgan fingerprint density at radius 3 is 2.33 bits per heavy atom. The van der Waals surface area contributed by atoms with E-state index in [1.54, 1.807) is 12.1 Å². The van der Waals surface area contributed by atoms with Gasteiger partial charge in [-0.05, 0) is 49.9 Å². The maximum absolute atomic E-state index is 12.6. The number of anilines is 1. The molecule has 1 aliphatic rings. The molecule has 0 unspecified atom stereocenters. The maximum atomic E-state index is 12.6. The fourth-order valence-electron chi connectivity index (χ4n) is 2.91. The van der Waals surface area contributed by atoms with Crippen molar-refractivity contribution in [2.24, 2.45) is 0 Å². The van der Waals surface area contributed by atoms with Gasteiger partial charge in [0.05, 0.1) is 17.8 Å². The minimum absolute atomic E-state index is 0.101. The smallest absolute Gasteiger partial charge is 0.243 e. The van der Waals surface area contributed by atoms with Crippen molar-refractivity contribution in [1.82, 2.24) is 4.72 Å². The van der Waals surface area contributed by atoms with Crippen LogP contribution in [0.4, 0.5) is 5.69 Å². The molecule has 0 bridgehead atoms. The zero-order valence-corrected chi connectivity index (χ0v) is 13.5. The van der Waals surface area contributed by atoms with Crippen LogP contribution in [0.15, 0.2) is 17.0 Å². The van der Waals surface area contributed by atoms with E-state index in [0.29, 0.717) is 12.8 Å². The first-order valence-electron chi connectivity index (χ1n) is 7.31. The van der Waals surface area contributed by atoms with Gasteiger partial charge >= 0.3 is 0 Å². The summed E-state index contributed by atoms with van der Waals surface area (Å²) in [5, 5.41) is 9.66. The molecule has 0 atom stereocenters. The van der Waals surface area contributed by atoms with Crippen molar-refractivity contribution in [2.75, 3.05) is 12.3 Å². The van der Waals surface area contributed by atoms with Crippen LogP contribution < -0.4 is 10.5 Å². The lowest BCUT2D eigenvalue weighted by molar-refractivity contribution is 0.142. The molecule has 2 rings (SSSR count). The largest absolute Gasteiger partial charge is 0.398 e. The van der Waals surface area contributed by atoms with Crippen LogP contribution >= 0.6 is 0 Å². The summed E-state index contributed by atoms with van der Waals surface area (Å²) >= 11 is 0. The van der Waals surface area contributed by atoms with E-state index in [4.69, 9.17) is 5.73 Å². The molecular formula is C15H24N2O3S. The third-order valence-corrected chi connectivity index (χ3v) is 6.01. The van der Waals surface area contributed by atoms with Gasteiger partial charge in [0.25, 0.3) is 0 Å². The molecule has 21 heavy (non-hydrogen) atoms. The predicted octanol–water partition coefficient (Wildman–Crippen LogP) is 1.86. The topological polar surface area (TPSA) is 92.4 Å². The number of aliphatic hydroxyl groups excluding tert-OH is 1. The Balaban J connectivity index is 2.36. The first kappa shape index (κ1) is 16.3. The van der Waals surface area contributed by atoms with E-state index in [0.717, 1.165) is 30.4 Å². The summed E-state index contributed by atoms with van der Waals surface area (Å²) in [5.74, 6) is 0. The number of hydrogen-bond acceptors (Lipinski definition) is 4. The lowest BCUT2D eigenvalue weighted by atomic mass is 9.83. The predicted molar refractivity (Wildman–Crippen MR) is 83.6 cm³/mol. The van der Waals surface area contributed by atoms with E-state index in [1.165, 1.54) is 0 Å². The summed E-state index contributed by atoms with van der Waals surface area (Å²) in [4.78, 5) is 0.101. The first-order valence-corrected chi connectivity index (χ1v) is 8.80. The standard InChI is InChI=1S/C15H24N2O3S/c1-11-8-13(16)14(9-12(11)2)21(19,20)17-15(10-18)6-4-3-5-7-15/h8-9,17-18H,3-7,10,16H2,1-2H3. The van der Waals surface area contributed by atoms with Crippen molar-refractivity contribution < 1.29 is 13.5 Å². The first-order chi connectivity index (χ1) is 9.80. The van der Waals surface area contributed by atoms with E-state index in [-0.39, 0.29) is 17.2 Å². The summed E-state index contributed by atoms with van der Waals surface area (Å²) in [5.41, 5.74) is 7.22. The van der Waals surface area contributed by atoms with Crippen LogP contribution in [0.25, 0.3) is 0 Å². The van der Waals surface area contributed by atoms with Crippen LogP contribution in [0.3, 0.4) is 0 Å². The number of hydrogen-bond donors (Lipinski definition) is 3. The molecule has 6 heteroatoms. The second-order valence-electron chi connectivity index (χ2n) is 6.08. The second kappa shape index (κ2) is 5.94. The van der Waals surface area contributed by atoms with Gasteiger partial charge in [0.2, 0.25) is 10.0 Å². The van der Waals surface area contributed by atoms with E-state index < -0.39 is 15.6 Å². The molecular weight excluding hydrogens is 288 g/mol. The molecule has 4 N–H and O–H groups in total. The third-order valence-electron chi connectivity index (χ3n) is 4.38. The fourth-order valence-corrected chi connectivity index (χ4v) is 4.56. The molecule has 0 amide bonds. The molecule has 0 saturated heterocycles. The Morgan fingerprint density at radius 2 is 1.76 bits per heavy atom. The number of sulfonamides is 1. The summed E-state index contributed by atoms with van der Waals surface area (Å²) in [7, 11) is -3.74. The summed E-state index contributed by atoms with van der Waals surface area (Å²) in [6.07, 6.45) is 4.24. The normalized spacial score (nSPS) is 18.6. The molecule has 1 aromatic rings. The average molecular weight is 312 g/mol. The van der Waals surface area contributed by atoms with Crippen LogP contribution in [-0.4, -0.2) is 25.7 Å². The molecule has 1 saturated carbocycles. The fraction of sp³-hybridized carbons (Fsp3) is 0.600. The lowest BCUT2D eigenvalue weighted by Crippen LogP contribution is -2.52. The molecule has 0 radical (unpaired) electrons. The molecule has 0 heterocycles. The number of nitrogens with one attached hydrogen (secondary N) is 1. The molecule has 0 spiro atoms. The van der Waals surface area contributed by atoms with Gasteiger partial charge in [-0.15, -0.1) is 0 Å². The monoisotopic (exact) mass is 312 g/mol. The van der Waals surface area contributed by atoms with Crippen molar-refractivity contribution in [1.29, 1.82) is 0 Å². The number of nitrogens with two attached hydrogens (primary N) is 1. The molecule has 118 valence electrons. The molecule has 1 aliphatic carbocycles. The highest BCUT2D eigenvalue weighted by molar-refractivity contribution is 7.89. The van der Waals surface area contributed by atoms with Crippen LogP contribution in [0.2, 0.25) is 0 Å². The zero-order valence-electron chi connectivity index (χ0n) is 12.6. The van der Waals surface area contributed by atoms with Crippen molar-refractivity contribution in [2.45, 2.75) is 56.4 Å². The zero-order chi connectivity index (χ0) is 15.7. The highest BCUT2D eigenvalue weighted by Crippen LogP contribution is 2.31.